The molecule has 18 heavy (non-hydrogen) atoms. The Balaban J connectivity index is 2.43. The van der Waals surface area contributed by atoms with Gasteiger partial charge >= 0.3 is 0 Å². The number of amidine groups is 1. The molecule has 0 amide bonds. The van der Waals surface area contributed by atoms with E-state index in [4.69, 9.17) is 15.7 Å². The van der Waals surface area contributed by atoms with Crippen molar-refractivity contribution in [2.75, 3.05) is 26.8 Å². The van der Waals surface area contributed by atoms with Gasteiger partial charge in [-0.05, 0) is 31.6 Å². The highest BCUT2D eigenvalue weighted by Gasteiger charge is 2.23. The Morgan fingerprint density at radius 3 is 2.56 bits per heavy atom. The minimum Gasteiger partial charge on any atom is -0.409 e. The standard InChI is InChI=1S/C13H27N3O2/c1-11-3-5-12(6-4-11)16(9-10-18-2)8-7-13(14)15-17/h11-12,17H,3-10H2,1-2H3,(H2,14,15). The average molecular weight is 257 g/mol. The molecular weight excluding hydrogens is 230 g/mol. The summed E-state index contributed by atoms with van der Waals surface area (Å²) in [6.45, 7) is 4.83. The lowest BCUT2D eigenvalue weighted by molar-refractivity contribution is 0.0966. The van der Waals surface area contributed by atoms with Gasteiger partial charge in [0.05, 0.1) is 6.61 Å². The van der Waals surface area contributed by atoms with Crippen molar-refractivity contribution in [1.29, 1.82) is 0 Å². The van der Waals surface area contributed by atoms with Crippen LogP contribution in [0, 0.1) is 5.92 Å². The predicted molar refractivity (Wildman–Crippen MR) is 72.9 cm³/mol. The molecule has 0 unspecified atom stereocenters. The van der Waals surface area contributed by atoms with Crippen LogP contribution < -0.4 is 5.73 Å². The Kier molecular flexibility index (Phi) is 7.05. The SMILES string of the molecule is COCCN(CCC(N)=NO)C1CCC(C)CC1. The van der Waals surface area contributed by atoms with Gasteiger partial charge in [-0.1, -0.05) is 12.1 Å². The van der Waals surface area contributed by atoms with Crippen molar-refractivity contribution in [3.8, 4) is 0 Å². The quantitative estimate of drug-likeness (QED) is 0.315. The molecule has 0 spiro atoms. The van der Waals surface area contributed by atoms with E-state index in [1.807, 2.05) is 0 Å². The number of oxime groups is 1. The summed E-state index contributed by atoms with van der Waals surface area (Å²) in [5.41, 5.74) is 5.54. The van der Waals surface area contributed by atoms with Crippen molar-refractivity contribution in [2.24, 2.45) is 16.8 Å². The summed E-state index contributed by atoms with van der Waals surface area (Å²) in [6.07, 6.45) is 5.73. The number of nitrogens with zero attached hydrogens (tertiary/aromatic N) is 2. The topological polar surface area (TPSA) is 71.1 Å². The van der Waals surface area contributed by atoms with Crippen LogP contribution in [0.2, 0.25) is 0 Å². The Bertz CT molecular complexity index is 251. The first kappa shape index (κ1) is 15.2. The van der Waals surface area contributed by atoms with Crippen LogP contribution in [0.25, 0.3) is 0 Å². The van der Waals surface area contributed by atoms with Gasteiger partial charge in [0.1, 0.15) is 5.84 Å². The van der Waals surface area contributed by atoms with E-state index in [1.165, 1.54) is 25.7 Å². The zero-order valence-electron chi connectivity index (χ0n) is 11.6. The molecule has 1 rings (SSSR count). The highest BCUT2D eigenvalue weighted by Crippen LogP contribution is 2.27. The van der Waals surface area contributed by atoms with Gasteiger partial charge in [0.15, 0.2) is 0 Å². The summed E-state index contributed by atoms with van der Waals surface area (Å²) in [4.78, 5) is 2.42. The second-order valence-electron chi connectivity index (χ2n) is 5.28. The van der Waals surface area contributed by atoms with E-state index in [0.717, 1.165) is 25.6 Å². The Labute approximate surface area is 110 Å². The van der Waals surface area contributed by atoms with Crippen LogP contribution in [0.4, 0.5) is 0 Å². The maximum Gasteiger partial charge on any atom is 0.140 e. The fourth-order valence-corrected chi connectivity index (χ4v) is 2.60. The second kappa shape index (κ2) is 8.32. The first-order chi connectivity index (χ1) is 8.67. The van der Waals surface area contributed by atoms with E-state index in [0.29, 0.717) is 18.3 Å². The van der Waals surface area contributed by atoms with E-state index < -0.39 is 0 Å². The lowest BCUT2D eigenvalue weighted by atomic mass is 9.86. The smallest absolute Gasteiger partial charge is 0.140 e. The molecule has 0 aliphatic heterocycles. The molecule has 0 aromatic carbocycles. The van der Waals surface area contributed by atoms with Gasteiger partial charge in [-0.15, -0.1) is 0 Å². The van der Waals surface area contributed by atoms with Crippen LogP contribution in [-0.2, 0) is 4.74 Å². The van der Waals surface area contributed by atoms with Gasteiger partial charge in [-0.3, -0.25) is 4.90 Å². The molecule has 1 saturated carbocycles. The zero-order valence-corrected chi connectivity index (χ0v) is 11.6. The highest BCUT2D eigenvalue weighted by atomic mass is 16.5. The van der Waals surface area contributed by atoms with E-state index in [1.54, 1.807) is 7.11 Å². The molecule has 0 radical (unpaired) electrons. The number of hydrogen-bond donors (Lipinski definition) is 2. The van der Waals surface area contributed by atoms with Crippen molar-refractivity contribution in [2.45, 2.75) is 45.1 Å². The third-order valence-corrected chi connectivity index (χ3v) is 3.87. The fraction of sp³-hybridized carbons (Fsp3) is 0.923. The molecule has 0 saturated heterocycles. The third-order valence-electron chi connectivity index (χ3n) is 3.87. The van der Waals surface area contributed by atoms with E-state index in [2.05, 4.69) is 17.0 Å². The molecule has 1 aliphatic rings. The first-order valence-corrected chi connectivity index (χ1v) is 6.86. The van der Waals surface area contributed by atoms with Crippen molar-refractivity contribution in [3.05, 3.63) is 0 Å². The lowest BCUT2D eigenvalue weighted by Gasteiger charge is -2.36. The third kappa shape index (κ3) is 5.23. The predicted octanol–water partition coefficient (Wildman–Crippen LogP) is 1.65. The molecule has 0 heterocycles. The van der Waals surface area contributed by atoms with Gasteiger partial charge in [0.2, 0.25) is 0 Å². The molecule has 5 nitrogen and oxygen atoms in total. The van der Waals surface area contributed by atoms with Gasteiger partial charge in [-0.2, -0.15) is 0 Å². The van der Waals surface area contributed by atoms with Gasteiger partial charge < -0.3 is 15.7 Å². The molecule has 0 aromatic heterocycles. The van der Waals surface area contributed by atoms with Crippen molar-refractivity contribution in [3.63, 3.8) is 0 Å². The minimum absolute atomic E-state index is 0.307. The second-order valence-corrected chi connectivity index (χ2v) is 5.28. The molecular formula is C13H27N3O2. The molecule has 5 heteroatoms. The Morgan fingerprint density at radius 1 is 1.33 bits per heavy atom. The van der Waals surface area contributed by atoms with Crippen LogP contribution in [-0.4, -0.2) is 48.8 Å². The first-order valence-electron chi connectivity index (χ1n) is 6.86. The molecule has 0 aromatic rings. The van der Waals surface area contributed by atoms with E-state index in [-0.39, 0.29) is 0 Å². The highest BCUT2D eigenvalue weighted by molar-refractivity contribution is 5.79. The molecule has 106 valence electrons. The van der Waals surface area contributed by atoms with Crippen LogP contribution in [0.1, 0.15) is 39.0 Å². The summed E-state index contributed by atoms with van der Waals surface area (Å²) in [7, 11) is 1.73. The maximum absolute atomic E-state index is 8.59. The van der Waals surface area contributed by atoms with Gasteiger partial charge in [0.25, 0.3) is 0 Å². The fourth-order valence-electron chi connectivity index (χ4n) is 2.60. The zero-order chi connectivity index (χ0) is 13.4. The van der Waals surface area contributed by atoms with Crippen LogP contribution in [0.15, 0.2) is 5.16 Å². The Morgan fingerprint density at radius 2 is 2.00 bits per heavy atom. The average Bonchev–Trinajstić information content (AvgIpc) is 2.40. The number of ether oxygens (including phenoxy) is 1. The number of hydrogen-bond acceptors (Lipinski definition) is 4. The van der Waals surface area contributed by atoms with E-state index >= 15 is 0 Å². The van der Waals surface area contributed by atoms with Crippen molar-refractivity contribution < 1.29 is 9.94 Å². The summed E-state index contributed by atoms with van der Waals surface area (Å²) in [5, 5.41) is 11.6. The largest absolute Gasteiger partial charge is 0.409 e. The number of methoxy groups -OCH3 is 1. The number of rotatable bonds is 7. The molecule has 0 atom stereocenters. The van der Waals surface area contributed by atoms with Gasteiger partial charge in [0, 0.05) is 32.7 Å². The van der Waals surface area contributed by atoms with Crippen LogP contribution in [0.3, 0.4) is 0 Å². The van der Waals surface area contributed by atoms with Crippen LogP contribution in [0.5, 0.6) is 0 Å². The summed E-state index contributed by atoms with van der Waals surface area (Å²) >= 11 is 0. The normalized spacial score (nSPS) is 25.6. The number of nitrogens with two attached hydrogens (primary N) is 1. The molecule has 0 bridgehead atoms. The summed E-state index contributed by atoms with van der Waals surface area (Å²) in [6, 6.07) is 0.628. The maximum atomic E-state index is 8.59. The molecule has 3 N–H and O–H groups in total. The van der Waals surface area contributed by atoms with E-state index in [9.17, 15) is 0 Å². The van der Waals surface area contributed by atoms with Gasteiger partial charge in [-0.25, -0.2) is 0 Å². The van der Waals surface area contributed by atoms with Crippen LogP contribution >= 0.6 is 0 Å². The van der Waals surface area contributed by atoms with Crippen molar-refractivity contribution in [1.82, 2.24) is 4.90 Å². The molecule has 1 aliphatic carbocycles. The summed E-state index contributed by atoms with van der Waals surface area (Å²) < 4.78 is 5.16. The van der Waals surface area contributed by atoms with Crippen molar-refractivity contribution >= 4 is 5.84 Å². The Hall–Kier alpha value is -0.810. The summed E-state index contributed by atoms with van der Waals surface area (Å²) in [5.74, 6) is 1.16. The lowest BCUT2D eigenvalue weighted by Crippen LogP contribution is -2.41. The molecule has 1 fully saturated rings. The monoisotopic (exact) mass is 257 g/mol. The minimum atomic E-state index is 0.307.